The smallest absolute Gasteiger partial charge is 0.159 e. The van der Waals surface area contributed by atoms with E-state index in [0.717, 1.165) is 22.8 Å². The lowest BCUT2D eigenvalue weighted by Crippen LogP contribution is -1.98. The highest BCUT2D eigenvalue weighted by atomic mass is 14.9. The first-order chi connectivity index (χ1) is 7.18. The Balaban J connectivity index is 2.56. The van der Waals surface area contributed by atoms with E-state index in [1.54, 1.807) is 0 Å². The zero-order chi connectivity index (χ0) is 10.8. The Morgan fingerprint density at radius 2 is 1.33 bits per heavy atom. The van der Waals surface area contributed by atoms with E-state index in [9.17, 15) is 0 Å². The number of benzene rings is 1. The molecule has 2 aromatic rings. The number of rotatable bonds is 1. The molecule has 15 heavy (non-hydrogen) atoms. The quantitative estimate of drug-likeness (QED) is 0.703. The molecule has 0 amide bonds. The van der Waals surface area contributed by atoms with Gasteiger partial charge in [-0.05, 0) is 26.3 Å². The monoisotopic (exact) mass is 198 g/mol. The number of aromatic nitrogens is 2. The van der Waals surface area contributed by atoms with Crippen LogP contribution in [0, 0.1) is 20.8 Å². The minimum absolute atomic E-state index is 0.816. The highest BCUT2D eigenvalue weighted by molar-refractivity contribution is 5.55. The molecule has 0 aliphatic rings. The maximum absolute atomic E-state index is 4.49. The Morgan fingerprint density at radius 3 is 1.87 bits per heavy atom. The fourth-order valence-corrected chi connectivity index (χ4v) is 1.49. The van der Waals surface area contributed by atoms with Crippen LogP contribution >= 0.6 is 0 Å². The van der Waals surface area contributed by atoms with Crippen LogP contribution in [0.5, 0.6) is 0 Å². The third-order valence-electron chi connectivity index (χ3n) is 2.66. The summed E-state index contributed by atoms with van der Waals surface area (Å²) in [6.07, 6.45) is 0. The largest absolute Gasteiger partial charge is 0.233 e. The van der Waals surface area contributed by atoms with Crippen LogP contribution in [-0.2, 0) is 0 Å². The van der Waals surface area contributed by atoms with Crippen LogP contribution in [0.4, 0.5) is 0 Å². The molecule has 0 radical (unpaired) electrons. The van der Waals surface area contributed by atoms with Crippen molar-refractivity contribution >= 4 is 0 Å². The summed E-state index contributed by atoms with van der Waals surface area (Å²) in [5, 5.41) is 0. The summed E-state index contributed by atoms with van der Waals surface area (Å²) in [5.41, 5.74) is 4.36. The molecule has 2 rings (SSSR count). The van der Waals surface area contributed by atoms with Crippen molar-refractivity contribution in [3.63, 3.8) is 0 Å². The minimum Gasteiger partial charge on any atom is -0.233 e. The van der Waals surface area contributed by atoms with E-state index in [1.165, 1.54) is 5.56 Å². The first-order valence-corrected chi connectivity index (χ1v) is 5.06. The minimum atomic E-state index is 0.816. The number of aryl methyl sites for hydroxylation is 2. The van der Waals surface area contributed by atoms with Crippen molar-refractivity contribution in [3.8, 4) is 11.4 Å². The first-order valence-electron chi connectivity index (χ1n) is 5.06. The molecule has 2 nitrogen and oxygen atoms in total. The molecule has 0 aliphatic heterocycles. The molecule has 0 atom stereocenters. The van der Waals surface area contributed by atoms with E-state index in [4.69, 9.17) is 0 Å². The SMILES string of the molecule is Cc1nc(-c2ccccc2)nc(C)c1C. The molecule has 1 aromatic heterocycles. The molecular weight excluding hydrogens is 184 g/mol. The molecule has 0 saturated carbocycles. The summed E-state index contributed by atoms with van der Waals surface area (Å²) >= 11 is 0. The van der Waals surface area contributed by atoms with Crippen molar-refractivity contribution in [1.82, 2.24) is 9.97 Å². The molecule has 0 bridgehead atoms. The van der Waals surface area contributed by atoms with Gasteiger partial charge in [-0.25, -0.2) is 9.97 Å². The Kier molecular flexibility index (Phi) is 2.50. The Morgan fingerprint density at radius 1 is 0.800 bits per heavy atom. The Bertz CT molecular complexity index is 452. The van der Waals surface area contributed by atoms with Gasteiger partial charge in [-0.15, -0.1) is 0 Å². The highest BCUT2D eigenvalue weighted by Gasteiger charge is 2.05. The van der Waals surface area contributed by atoms with Crippen molar-refractivity contribution in [3.05, 3.63) is 47.3 Å². The summed E-state index contributed by atoms with van der Waals surface area (Å²) in [7, 11) is 0. The van der Waals surface area contributed by atoms with Crippen molar-refractivity contribution in [2.45, 2.75) is 20.8 Å². The van der Waals surface area contributed by atoms with Gasteiger partial charge in [0.1, 0.15) is 0 Å². The normalized spacial score (nSPS) is 10.3. The first kappa shape index (κ1) is 9.84. The van der Waals surface area contributed by atoms with Gasteiger partial charge >= 0.3 is 0 Å². The summed E-state index contributed by atoms with van der Waals surface area (Å²) in [4.78, 5) is 8.99. The van der Waals surface area contributed by atoms with Crippen molar-refractivity contribution < 1.29 is 0 Å². The molecule has 76 valence electrons. The second-order valence-electron chi connectivity index (χ2n) is 3.71. The van der Waals surface area contributed by atoms with Gasteiger partial charge in [0.05, 0.1) is 0 Å². The van der Waals surface area contributed by atoms with Crippen molar-refractivity contribution in [2.75, 3.05) is 0 Å². The Labute approximate surface area is 90.0 Å². The second-order valence-corrected chi connectivity index (χ2v) is 3.71. The number of hydrogen-bond acceptors (Lipinski definition) is 2. The molecule has 0 unspecified atom stereocenters. The van der Waals surface area contributed by atoms with E-state index in [1.807, 2.05) is 44.2 Å². The summed E-state index contributed by atoms with van der Waals surface area (Å²) in [6.45, 7) is 6.10. The predicted octanol–water partition coefficient (Wildman–Crippen LogP) is 3.07. The van der Waals surface area contributed by atoms with Gasteiger partial charge in [-0.3, -0.25) is 0 Å². The van der Waals surface area contributed by atoms with Crippen LogP contribution in [0.25, 0.3) is 11.4 Å². The molecule has 0 aliphatic carbocycles. The van der Waals surface area contributed by atoms with Gasteiger partial charge in [-0.2, -0.15) is 0 Å². The second kappa shape index (κ2) is 3.81. The average molecular weight is 198 g/mol. The van der Waals surface area contributed by atoms with Crippen LogP contribution in [-0.4, -0.2) is 9.97 Å². The van der Waals surface area contributed by atoms with Crippen LogP contribution in [0.3, 0.4) is 0 Å². The molecule has 0 spiro atoms. The zero-order valence-electron chi connectivity index (χ0n) is 9.28. The van der Waals surface area contributed by atoms with Gasteiger partial charge in [0.15, 0.2) is 5.82 Å². The standard InChI is InChI=1S/C13H14N2/c1-9-10(2)14-13(15-11(9)3)12-7-5-4-6-8-12/h4-8H,1-3H3. The molecule has 2 heteroatoms. The van der Waals surface area contributed by atoms with Crippen LogP contribution in [0.2, 0.25) is 0 Å². The van der Waals surface area contributed by atoms with Crippen LogP contribution in [0.1, 0.15) is 17.0 Å². The maximum Gasteiger partial charge on any atom is 0.159 e. The highest BCUT2D eigenvalue weighted by Crippen LogP contribution is 2.17. The molecule has 0 saturated heterocycles. The fraction of sp³-hybridized carbons (Fsp3) is 0.231. The maximum atomic E-state index is 4.49. The predicted molar refractivity (Wildman–Crippen MR) is 61.7 cm³/mol. The van der Waals surface area contributed by atoms with Crippen molar-refractivity contribution in [1.29, 1.82) is 0 Å². The zero-order valence-corrected chi connectivity index (χ0v) is 9.28. The summed E-state index contributed by atoms with van der Waals surface area (Å²) in [5.74, 6) is 0.816. The number of hydrogen-bond donors (Lipinski definition) is 0. The van der Waals surface area contributed by atoms with Gasteiger partial charge < -0.3 is 0 Å². The van der Waals surface area contributed by atoms with Crippen LogP contribution < -0.4 is 0 Å². The van der Waals surface area contributed by atoms with E-state index in [2.05, 4.69) is 16.9 Å². The van der Waals surface area contributed by atoms with E-state index in [0.29, 0.717) is 0 Å². The lowest BCUT2D eigenvalue weighted by molar-refractivity contribution is 1.02. The average Bonchev–Trinajstić information content (AvgIpc) is 2.26. The molecule has 1 heterocycles. The van der Waals surface area contributed by atoms with E-state index < -0.39 is 0 Å². The van der Waals surface area contributed by atoms with E-state index in [-0.39, 0.29) is 0 Å². The topological polar surface area (TPSA) is 25.8 Å². The molecule has 0 N–H and O–H groups in total. The number of nitrogens with zero attached hydrogens (tertiary/aromatic N) is 2. The molecule has 1 aromatic carbocycles. The van der Waals surface area contributed by atoms with Crippen LogP contribution in [0.15, 0.2) is 30.3 Å². The third kappa shape index (κ3) is 1.89. The molecular formula is C13H14N2. The Hall–Kier alpha value is -1.70. The lowest BCUT2D eigenvalue weighted by Gasteiger charge is -2.06. The van der Waals surface area contributed by atoms with Gasteiger partial charge in [-0.1, -0.05) is 30.3 Å². The van der Waals surface area contributed by atoms with E-state index >= 15 is 0 Å². The van der Waals surface area contributed by atoms with Gasteiger partial charge in [0.2, 0.25) is 0 Å². The van der Waals surface area contributed by atoms with Crippen molar-refractivity contribution in [2.24, 2.45) is 0 Å². The molecule has 0 fully saturated rings. The lowest BCUT2D eigenvalue weighted by atomic mass is 10.1. The van der Waals surface area contributed by atoms with Gasteiger partial charge in [0, 0.05) is 17.0 Å². The van der Waals surface area contributed by atoms with Gasteiger partial charge in [0.25, 0.3) is 0 Å². The summed E-state index contributed by atoms with van der Waals surface area (Å²) < 4.78 is 0. The third-order valence-corrected chi connectivity index (χ3v) is 2.66. The summed E-state index contributed by atoms with van der Waals surface area (Å²) in [6, 6.07) is 10.1. The fourth-order valence-electron chi connectivity index (χ4n) is 1.49.